The molecule has 11 heteroatoms. The van der Waals surface area contributed by atoms with E-state index in [0.717, 1.165) is 44.8 Å². The van der Waals surface area contributed by atoms with Gasteiger partial charge in [-0.05, 0) is 90.8 Å². The molecule has 5 rings (SSSR count). The third-order valence-electron chi connectivity index (χ3n) is 11.9. The van der Waals surface area contributed by atoms with E-state index in [2.05, 4.69) is 44.4 Å². The molecule has 0 aromatic heterocycles. The number of hydrogen-bond donors (Lipinski definition) is 1. The maximum absolute atomic E-state index is 15.4. The largest absolute Gasteiger partial charge is 0.395 e. The van der Waals surface area contributed by atoms with Gasteiger partial charge in [0.15, 0.2) is 0 Å². The highest BCUT2D eigenvalue weighted by molar-refractivity contribution is 5.91. The molecule has 1 saturated carbocycles. The first-order chi connectivity index (χ1) is 22.8. The Balaban J connectivity index is 1.52. The predicted octanol–water partition coefficient (Wildman–Crippen LogP) is 4.34. The molecular weight excluding hydrogens is 628 g/mol. The second-order valence-electron chi connectivity index (χ2n) is 17.6. The number of nitrogens with zero attached hydrogens (tertiary/aromatic N) is 5. The monoisotopic (exact) mass is 687 g/mol. The average Bonchev–Trinajstić information content (AvgIpc) is 3.68. The zero-order valence-corrected chi connectivity index (χ0v) is 31.0. The highest BCUT2D eigenvalue weighted by atomic mass is 19.1. The topological polar surface area (TPSA) is 87.6 Å². The summed E-state index contributed by atoms with van der Waals surface area (Å²) < 4.78 is 29.4. The normalized spacial score (nSPS) is 27.5. The summed E-state index contributed by atoms with van der Waals surface area (Å²) in [6.45, 7) is 17.4. The van der Waals surface area contributed by atoms with Gasteiger partial charge in [0.2, 0.25) is 17.7 Å². The number of hydrogen-bond acceptors (Lipinski definition) is 6. The molecule has 3 saturated heterocycles. The lowest BCUT2D eigenvalue weighted by Crippen LogP contribution is -2.55. The Bertz CT molecular complexity index is 1380. The van der Waals surface area contributed by atoms with Crippen molar-refractivity contribution in [2.45, 2.75) is 110 Å². The molecule has 3 amide bonds. The van der Waals surface area contributed by atoms with E-state index >= 15 is 4.39 Å². The third-order valence-corrected chi connectivity index (χ3v) is 11.9. The van der Waals surface area contributed by atoms with Gasteiger partial charge >= 0.3 is 0 Å². The average molecular weight is 688 g/mol. The highest BCUT2D eigenvalue weighted by Crippen LogP contribution is 2.43. The van der Waals surface area contributed by atoms with Crippen molar-refractivity contribution in [3.05, 3.63) is 35.4 Å². The fraction of sp³-hybridized carbons (Fsp3) is 0.763. The summed E-state index contributed by atoms with van der Waals surface area (Å²) in [4.78, 5) is 53.5. The Kier molecular flexibility index (Phi) is 10.9. The molecule has 0 bridgehead atoms. The number of rotatable bonds is 7. The van der Waals surface area contributed by atoms with Gasteiger partial charge in [0.1, 0.15) is 17.7 Å². The van der Waals surface area contributed by atoms with Crippen LogP contribution in [0.15, 0.2) is 18.2 Å². The summed E-state index contributed by atoms with van der Waals surface area (Å²) in [7, 11) is 2.02. The van der Waals surface area contributed by atoms with Crippen molar-refractivity contribution in [3.8, 4) is 0 Å². The minimum Gasteiger partial charge on any atom is -0.395 e. The minimum atomic E-state index is -1.02. The van der Waals surface area contributed by atoms with Crippen LogP contribution in [0, 0.1) is 28.4 Å². The zero-order valence-electron chi connectivity index (χ0n) is 31.0. The first-order valence-corrected chi connectivity index (χ1v) is 18.2. The lowest BCUT2D eigenvalue weighted by atomic mass is 9.74. The molecule has 9 nitrogen and oxygen atoms in total. The SMILES string of the molecule is CN1CCN(C(=O)[C@@H]2C[C@H](N(C(=O)C(C)(C)CO)C3CCC(C)(C)CC3)CN2C(=O)[C@H]2CN(C(C)(C)C)C[C@H]2c2ccc(F)cc2F)CC1. The molecule has 49 heavy (non-hydrogen) atoms. The third kappa shape index (κ3) is 7.99. The molecule has 4 fully saturated rings. The molecule has 0 unspecified atom stereocenters. The van der Waals surface area contributed by atoms with Crippen LogP contribution in [-0.2, 0) is 14.4 Å². The van der Waals surface area contributed by atoms with Crippen LogP contribution in [0.5, 0.6) is 0 Å². The van der Waals surface area contributed by atoms with E-state index in [1.807, 2.05) is 16.8 Å². The van der Waals surface area contributed by atoms with Crippen molar-refractivity contribution in [2.75, 3.05) is 59.5 Å². The Hall–Kier alpha value is -2.63. The zero-order chi connectivity index (χ0) is 36.1. The minimum absolute atomic E-state index is 0.0605. The van der Waals surface area contributed by atoms with Crippen LogP contribution in [0.3, 0.4) is 0 Å². The van der Waals surface area contributed by atoms with Crippen LogP contribution in [0.2, 0.25) is 0 Å². The molecule has 1 aliphatic carbocycles. The standard InChI is InChI=1S/C38H59F2N5O4/c1-36(2,3)43-22-29(28-10-9-25(39)19-31(28)40)30(23-43)33(47)44-21-27(20-32(44)34(48)42-17-15-41(8)16-18-42)45(35(49)38(6,7)24-46)26-11-13-37(4,5)14-12-26/h9-10,19,26-27,29-30,32,46H,11-18,20-24H2,1-8H3/t27-,29-,30-,32-/m0/s1. The molecule has 3 aliphatic heterocycles. The molecule has 4 aliphatic rings. The van der Waals surface area contributed by atoms with Crippen molar-refractivity contribution in [2.24, 2.45) is 16.7 Å². The van der Waals surface area contributed by atoms with Gasteiger partial charge in [0.25, 0.3) is 0 Å². The van der Waals surface area contributed by atoms with Crippen LogP contribution in [0.4, 0.5) is 8.78 Å². The second-order valence-corrected chi connectivity index (χ2v) is 17.6. The molecule has 4 atom stereocenters. The van der Waals surface area contributed by atoms with E-state index in [0.29, 0.717) is 38.2 Å². The fourth-order valence-corrected chi connectivity index (χ4v) is 8.37. The Morgan fingerprint density at radius 3 is 2.12 bits per heavy atom. The highest BCUT2D eigenvalue weighted by Gasteiger charge is 2.52. The number of piperazine rings is 1. The quantitative estimate of drug-likeness (QED) is 0.460. The number of likely N-dealkylation sites (N-methyl/N-ethyl adjacent to an activating group) is 1. The van der Waals surface area contributed by atoms with Gasteiger partial charge < -0.3 is 24.7 Å². The molecule has 0 radical (unpaired) electrons. The summed E-state index contributed by atoms with van der Waals surface area (Å²) in [5.41, 5.74) is -0.859. The molecule has 3 heterocycles. The van der Waals surface area contributed by atoms with Gasteiger partial charge in [-0.2, -0.15) is 0 Å². The van der Waals surface area contributed by atoms with Crippen LogP contribution in [-0.4, -0.2) is 130 Å². The Labute approximate surface area is 291 Å². The Morgan fingerprint density at radius 2 is 1.55 bits per heavy atom. The summed E-state index contributed by atoms with van der Waals surface area (Å²) in [5.74, 6) is -3.03. The smallest absolute Gasteiger partial charge is 0.245 e. The Morgan fingerprint density at radius 1 is 0.918 bits per heavy atom. The van der Waals surface area contributed by atoms with Gasteiger partial charge in [-0.25, -0.2) is 8.78 Å². The van der Waals surface area contributed by atoms with Crippen LogP contribution in [0.25, 0.3) is 0 Å². The van der Waals surface area contributed by atoms with E-state index in [4.69, 9.17) is 0 Å². The number of carbonyl (C=O) groups excluding carboxylic acids is 3. The van der Waals surface area contributed by atoms with Gasteiger partial charge in [-0.3, -0.25) is 19.3 Å². The van der Waals surface area contributed by atoms with Crippen molar-refractivity contribution < 1.29 is 28.3 Å². The number of aliphatic hydroxyl groups is 1. The maximum Gasteiger partial charge on any atom is 0.245 e. The predicted molar refractivity (Wildman–Crippen MR) is 186 cm³/mol. The van der Waals surface area contributed by atoms with E-state index in [-0.39, 0.29) is 47.9 Å². The summed E-state index contributed by atoms with van der Waals surface area (Å²) in [6, 6.07) is 2.33. The molecule has 1 N–H and O–H groups in total. The van der Waals surface area contributed by atoms with Gasteiger partial charge in [-0.15, -0.1) is 0 Å². The van der Waals surface area contributed by atoms with Crippen molar-refractivity contribution in [1.82, 2.24) is 24.5 Å². The van der Waals surface area contributed by atoms with Gasteiger partial charge in [0, 0.05) is 69.4 Å². The second kappa shape index (κ2) is 14.2. The summed E-state index contributed by atoms with van der Waals surface area (Å²) >= 11 is 0. The van der Waals surface area contributed by atoms with E-state index in [9.17, 15) is 23.9 Å². The maximum atomic E-state index is 15.4. The number of carbonyl (C=O) groups is 3. The lowest BCUT2D eigenvalue weighted by molar-refractivity contribution is -0.149. The van der Waals surface area contributed by atoms with Crippen molar-refractivity contribution in [1.29, 1.82) is 0 Å². The molecule has 1 aromatic rings. The number of likely N-dealkylation sites (tertiary alicyclic amines) is 2. The van der Waals surface area contributed by atoms with E-state index in [1.54, 1.807) is 18.7 Å². The first kappa shape index (κ1) is 37.6. The van der Waals surface area contributed by atoms with Crippen LogP contribution in [0.1, 0.15) is 92.1 Å². The fourth-order valence-electron chi connectivity index (χ4n) is 8.37. The molecule has 1 aromatic carbocycles. The van der Waals surface area contributed by atoms with Gasteiger partial charge in [0.05, 0.1) is 24.0 Å². The van der Waals surface area contributed by atoms with Gasteiger partial charge in [-0.1, -0.05) is 19.9 Å². The first-order valence-electron chi connectivity index (χ1n) is 18.2. The van der Waals surface area contributed by atoms with E-state index < -0.39 is 41.0 Å². The molecule has 274 valence electrons. The molecule has 0 spiro atoms. The summed E-state index contributed by atoms with van der Waals surface area (Å²) in [5, 5.41) is 10.3. The number of aliphatic hydroxyl groups excluding tert-OH is 1. The summed E-state index contributed by atoms with van der Waals surface area (Å²) in [6.07, 6.45) is 3.86. The number of benzene rings is 1. The van der Waals surface area contributed by atoms with Crippen LogP contribution < -0.4 is 0 Å². The number of amides is 3. The number of halogens is 2. The van der Waals surface area contributed by atoms with E-state index in [1.165, 1.54) is 12.1 Å². The lowest BCUT2D eigenvalue weighted by Gasteiger charge is -2.45. The molecular formula is C38H59F2N5O4. The van der Waals surface area contributed by atoms with Crippen molar-refractivity contribution in [3.63, 3.8) is 0 Å². The van der Waals surface area contributed by atoms with Crippen LogP contribution >= 0.6 is 0 Å². The van der Waals surface area contributed by atoms with Crippen molar-refractivity contribution >= 4 is 17.7 Å².